The van der Waals surface area contributed by atoms with E-state index in [2.05, 4.69) is 4.99 Å². The molecule has 0 unspecified atom stereocenters. The van der Waals surface area contributed by atoms with Crippen molar-refractivity contribution in [3.8, 4) is 0 Å². The van der Waals surface area contributed by atoms with Crippen molar-refractivity contribution in [3.63, 3.8) is 0 Å². The van der Waals surface area contributed by atoms with Crippen LogP contribution in [0.4, 0.5) is 0 Å². The number of aliphatic imine (C=N–C) groups is 1. The quantitative estimate of drug-likeness (QED) is 0.178. The Hall–Kier alpha value is -3.11. The maximum absolute atomic E-state index is 10.4. The van der Waals surface area contributed by atoms with Crippen LogP contribution >= 0.6 is 0 Å². The largest absolute Gasteiger partial charge is 0.481 e. The lowest BCUT2D eigenvalue weighted by Crippen LogP contribution is -2.29. The summed E-state index contributed by atoms with van der Waals surface area (Å²) in [5, 5.41) is 32.4. The van der Waals surface area contributed by atoms with Crippen LogP contribution in [0.25, 0.3) is 0 Å². The normalized spacial score (nSPS) is 10.9. The Labute approximate surface area is 118 Å². The summed E-state index contributed by atoms with van der Waals surface area (Å²) in [5.74, 6) is -5.20. The molecule has 0 radical (unpaired) electrons. The number of rotatable bonds is 7. The van der Waals surface area contributed by atoms with Crippen LogP contribution in [0, 0.1) is 0 Å². The Kier molecular flexibility index (Phi) is 10.4. The van der Waals surface area contributed by atoms with E-state index in [1.165, 1.54) is 0 Å². The molecular weight excluding hydrogens is 290 g/mol. The van der Waals surface area contributed by atoms with E-state index in [0.29, 0.717) is 12.2 Å². The summed E-state index contributed by atoms with van der Waals surface area (Å²) in [6.45, 7) is 0. The van der Waals surface area contributed by atoms with E-state index in [-0.39, 0.29) is 18.8 Å². The van der Waals surface area contributed by atoms with Gasteiger partial charge in [0.05, 0.1) is 0 Å². The number of nitrogens with two attached hydrogens (primary N) is 2. The molecule has 0 heterocycles. The molecular formula is C10H15N3O8. The average Bonchev–Trinajstić information content (AvgIpc) is 2.31. The van der Waals surface area contributed by atoms with Gasteiger partial charge in [-0.05, 0) is 6.42 Å². The van der Waals surface area contributed by atoms with Gasteiger partial charge in [0.25, 0.3) is 0 Å². The first-order valence-corrected chi connectivity index (χ1v) is 5.23. The third-order valence-electron chi connectivity index (χ3n) is 1.59. The highest BCUT2D eigenvalue weighted by Crippen LogP contribution is 2.02. The van der Waals surface area contributed by atoms with Crippen LogP contribution in [-0.2, 0) is 19.2 Å². The van der Waals surface area contributed by atoms with Crippen molar-refractivity contribution < 1.29 is 39.6 Å². The Morgan fingerprint density at radius 2 is 1.38 bits per heavy atom. The zero-order valence-electron chi connectivity index (χ0n) is 10.7. The van der Waals surface area contributed by atoms with Crippen molar-refractivity contribution in [1.29, 1.82) is 0 Å². The van der Waals surface area contributed by atoms with E-state index in [0.717, 1.165) is 0 Å². The molecule has 1 atom stereocenters. The van der Waals surface area contributed by atoms with Gasteiger partial charge >= 0.3 is 23.9 Å². The standard InChI is InChI=1S/C6H11N3O4.C4H4O4/c7-6(8)9-3(5(12)13)1-2-4(10)11;5-3(6)1-2-4(7)8/h3H,1-2H2,(H,10,11)(H,12,13)(H4,7,8,9);1-2H,(H,5,6)(H,7,8)/b;2-1-/t3-;/m0./s1. The first kappa shape index (κ1) is 20.2. The van der Waals surface area contributed by atoms with Gasteiger partial charge in [-0.3, -0.25) is 4.79 Å². The fourth-order valence-electron chi connectivity index (χ4n) is 0.826. The average molecular weight is 305 g/mol. The van der Waals surface area contributed by atoms with Crippen molar-refractivity contribution in [2.75, 3.05) is 0 Å². The van der Waals surface area contributed by atoms with Crippen LogP contribution in [0.1, 0.15) is 12.8 Å². The van der Waals surface area contributed by atoms with E-state index < -0.39 is 29.9 Å². The fourth-order valence-corrected chi connectivity index (χ4v) is 0.826. The van der Waals surface area contributed by atoms with Gasteiger partial charge in [-0.15, -0.1) is 0 Å². The predicted octanol–water partition coefficient (Wildman–Crippen LogP) is -1.71. The summed E-state index contributed by atoms with van der Waals surface area (Å²) in [6, 6.07) is -1.18. The van der Waals surface area contributed by atoms with Crippen molar-refractivity contribution in [1.82, 2.24) is 0 Å². The van der Waals surface area contributed by atoms with Crippen molar-refractivity contribution in [2.24, 2.45) is 16.5 Å². The molecule has 0 aromatic carbocycles. The van der Waals surface area contributed by atoms with Crippen LogP contribution in [0.3, 0.4) is 0 Å². The second-order valence-corrected chi connectivity index (χ2v) is 3.35. The maximum atomic E-state index is 10.4. The van der Waals surface area contributed by atoms with Gasteiger partial charge in [0.15, 0.2) is 12.0 Å². The molecule has 0 aromatic heterocycles. The number of hydrogen-bond acceptors (Lipinski definition) is 5. The van der Waals surface area contributed by atoms with E-state index in [9.17, 15) is 19.2 Å². The molecule has 0 saturated carbocycles. The Morgan fingerprint density at radius 1 is 0.952 bits per heavy atom. The molecule has 11 heteroatoms. The topological polar surface area (TPSA) is 214 Å². The number of aliphatic carboxylic acids is 4. The number of carbonyl (C=O) groups is 4. The minimum absolute atomic E-state index is 0.122. The van der Waals surface area contributed by atoms with Gasteiger partial charge in [-0.1, -0.05) is 0 Å². The molecule has 0 aliphatic carbocycles. The molecule has 118 valence electrons. The molecule has 0 rings (SSSR count). The zero-order valence-corrected chi connectivity index (χ0v) is 10.7. The zero-order chi connectivity index (χ0) is 17.0. The number of hydrogen-bond donors (Lipinski definition) is 6. The summed E-state index contributed by atoms with van der Waals surface area (Å²) < 4.78 is 0. The van der Waals surface area contributed by atoms with Crippen LogP contribution in [0.2, 0.25) is 0 Å². The van der Waals surface area contributed by atoms with E-state index >= 15 is 0 Å². The predicted molar refractivity (Wildman–Crippen MR) is 68.5 cm³/mol. The maximum Gasteiger partial charge on any atom is 0.328 e. The van der Waals surface area contributed by atoms with Gasteiger partial charge in [0.1, 0.15) is 0 Å². The number of guanidine groups is 1. The summed E-state index contributed by atoms with van der Waals surface area (Å²) in [5.41, 5.74) is 9.91. The smallest absolute Gasteiger partial charge is 0.328 e. The minimum Gasteiger partial charge on any atom is -0.481 e. The Bertz CT molecular complexity index is 437. The van der Waals surface area contributed by atoms with E-state index in [1.807, 2.05) is 0 Å². The first-order chi connectivity index (χ1) is 9.56. The second-order valence-electron chi connectivity index (χ2n) is 3.35. The third-order valence-corrected chi connectivity index (χ3v) is 1.59. The molecule has 0 fully saturated rings. The van der Waals surface area contributed by atoms with Crippen LogP contribution in [0.15, 0.2) is 17.1 Å². The van der Waals surface area contributed by atoms with Crippen LogP contribution < -0.4 is 11.5 Å². The first-order valence-electron chi connectivity index (χ1n) is 5.23. The highest BCUT2D eigenvalue weighted by Gasteiger charge is 2.17. The molecule has 0 bridgehead atoms. The van der Waals surface area contributed by atoms with Crippen molar-refractivity contribution in [3.05, 3.63) is 12.2 Å². The molecule has 0 aromatic rings. The highest BCUT2D eigenvalue weighted by atomic mass is 16.4. The van der Waals surface area contributed by atoms with Crippen molar-refractivity contribution >= 4 is 29.8 Å². The Balaban J connectivity index is 0. The summed E-state index contributed by atoms with van der Waals surface area (Å²) in [6.07, 6.45) is 0.709. The van der Waals surface area contributed by atoms with Gasteiger partial charge in [0, 0.05) is 18.6 Å². The summed E-state index contributed by atoms with van der Waals surface area (Å²) in [7, 11) is 0. The van der Waals surface area contributed by atoms with E-state index in [4.69, 9.17) is 31.9 Å². The summed E-state index contributed by atoms with van der Waals surface area (Å²) in [4.78, 5) is 43.0. The SMILES string of the molecule is NC(N)=N[C@@H](CCC(=O)O)C(=O)O.O=C(O)/C=C\C(=O)O. The number of carboxylic acid groups (broad SMARTS) is 4. The molecule has 0 saturated heterocycles. The van der Waals surface area contributed by atoms with Crippen LogP contribution in [-0.4, -0.2) is 56.3 Å². The number of carboxylic acids is 4. The van der Waals surface area contributed by atoms with Crippen molar-refractivity contribution in [2.45, 2.75) is 18.9 Å². The summed E-state index contributed by atoms with van der Waals surface area (Å²) >= 11 is 0. The lowest BCUT2D eigenvalue weighted by atomic mass is 10.2. The molecule has 11 nitrogen and oxygen atoms in total. The molecule has 0 amide bonds. The third kappa shape index (κ3) is 16.9. The van der Waals surface area contributed by atoms with E-state index in [1.54, 1.807) is 0 Å². The molecule has 0 aliphatic heterocycles. The molecule has 8 N–H and O–H groups in total. The highest BCUT2D eigenvalue weighted by molar-refractivity contribution is 5.89. The Morgan fingerprint density at radius 3 is 1.62 bits per heavy atom. The minimum atomic E-state index is -1.26. The molecule has 0 spiro atoms. The van der Waals surface area contributed by atoms with Crippen LogP contribution in [0.5, 0.6) is 0 Å². The second kappa shape index (κ2) is 10.8. The van der Waals surface area contributed by atoms with Gasteiger partial charge in [-0.25, -0.2) is 19.4 Å². The van der Waals surface area contributed by atoms with Gasteiger partial charge in [-0.2, -0.15) is 0 Å². The van der Waals surface area contributed by atoms with Gasteiger partial charge in [0.2, 0.25) is 0 Å². The fraction of sp³-hybridized carbons (Fsp3) is 0.300. The number of nitrogens with zero attached hydrogens (tertiary/aromatic N) is 1. The molecule has 21 heavy (non-hydrogen) atoms. The molecule has 0 aliphatic rings. The lowest BCUT2D eigenvalue weighted by molar-refractivity contribution is -0.140. The lowest BCUT2D eigenvalue weighted by Gasteiger charge is -2.04. The van der Waals surface area contributed by atoms with Gasteiger partial charge < -0.3 is 31.9 Å². The monoisotopic (exact) mass is 305 g/mol.